The zero-order chi connectivity index (χ0) is 11.7. The van der Waals surface area contributed by atoms with Gasteiger partial charge in [-0.05, 0) is 36.8 Å². The molecule has 1 aromatic heterocycles. The molecule has 0 amide bonds. The lowest BCUT2D eigenvalue weighted by Crippen LogP contribution is -2.03. The van der Waals surface area contributed by atoms with Crippen molar-refractivity contribution in [1.29, 1.82) is 0 Å². The van der Waals surface area contributed by atoms with Crippen LogP contribution < -0.4 is 0 Å². The molecule has 82 valence electrons. The lowest BCUT2D eigenvalue weighted by atomic mass is 10.1. The number of carbonyl (C=O) groups excluding carboxylic acids is 1. The minimum absolute atomic E-state index is 0.111. The smallest absolute Gasteiger partial charge is 0.230 e. The van der Waals surface area contributed by atoms with E-state index in [4.69, 9.17) is 16.0 Å². The van der Waals surface area contributed by atoms with E-state index in [1.54, 1.807) is 13.0 Å². The van der Waals surface area contributed by atoms with E-state index >= 15 is 0 Å². The molecule has 0 spiro atoms. The second-order valence-corrected chi connectivity index (χ2v) is 3.79. The van der Waals surface area contributed by atoms with E-state index in [9.17, 15) is 9.18 Å². The Morgan fingerprint density at radius 1 is 1.38 bits per heavy atom. The molecule has 2 nitrogen and oxygen atoms in total. The quantitative estimate of drug-likeness (QED) is 0.748. The summed E-state index contributed by atoms with van der Waals surface area (Å²) in [7, 11) is 0. The van der Waals surface area contributed by atoms with E-state index in [-0.39, 0.29) is 16.3 Å². The molecule has 0 fully saturated rings. The Bertz CT molecular complexity index is 546. The first-order valence-corrected chi connectivity index (χ1v) is 5.01. The van der Waals surface area contributed by atoms with Crippen molar-refractivity contribution >= 4 is 17.4 Å². The van der Waals surface area contributed by atoms with Gasteiger partial charge in [0.05, 0.1) is 11.3 Å². The van der Waals surface area contributed by atoms with Crippen molar-refractivity contribution in [3.8, 4) is 0 Å². The van der Waals surface area contributed by atoms with Gasteiger partial charge in [0, 0.05) is 5.56 Å². The van der Waals surface area contributed by atoms with Gasteiger partial charge in [0.1, 0.15) is 5.82 Å². The van der Waals surface area contributed by atoms with Gasteiger partial charge >= 0.3 is 0 Å². The Hall–Kier alpha value is -1.61. The number of carbonyl (C=O) groups is 1. The molecule has 2 aromatic rings. The number of hydrogen-bond donors (Lipinski definition) is 0. The predicted octanol–water partition coefficient (Wildman–Crippen LogP) is 3.61. The molecule has 0 N–H and O–H groups in total. The van der Waals surface area contributed by atoms with Crippen LogP contribution in [0.15, 0.2) is 34.9 Å². The number of halogens is 2. The molecule has 0 unspecified atom stereocenters. The topological polar surface area (TPSA) is 30.2 Å². The van der Waals surface area contributed by atoms with Crippen LogP contribution >= 0.6 is 11.6 Å². The van der Waals surface area contributed by atoms with Crippen molar-refractivity contribution in [1.82, 2.24) is 0 Å². The van der Waals surface area contributed by atoms with Gasteiger partial charge in [-0.2, -0.15) is 0 Å². The molecule has 1 heterocycles. The summed E-state index contributed by atoms with van der Waals surface area (Å²) in [6.45, 7) is 1.74. The molecule has 2 rings (SSSR count). The first-order chi connectivity index (χ1) is 7.59. The molecule has 4 heteroatoms. The van der Waals surface area contributed by atoms with Gasteiger partial charge in [-0.3, -0.25) is 4.79 Å². The lowest BCUT2D eigenvalue weighted by Gasteiger charge is -2.02. The van der Waals surface area contributed by atoms with E-state index in [0.29, 0.717) is 5.56 Å². The highest BCUT2D eigenvalue weighted by Gasteiger charge is 2.18. The van der Waals surface area contributed by atoms with Gasteiger partial charge < -0.3 is 4.42 Å². The van der Waals surface area contributed by atoms with Crippen molar-refractivity contribution in [2.24, 2.45) is 0 Å². The Morgan fingerprint density at radius 2 is 2.12 bits per heavy atom. The summed E-state index contributed by atoms with van der Waals surface area (Å²) in [5.74, 6) is -0.726. The zero-order valence-electron chi connectivity index (χ0n) is 8.46. The van der Waals surface area contributed by atoms with Crippen LogP contribution in [0.25, 0.3) is 0 Å². The number of furan rings is 1. The minimum Gasteiger partial charge on any atom is -0.461 e. The third-order valence-corrected chi connectivity index (χ3v) is 2.57. The fourth-order valence-electron chi connectivity index (χ4n) is 1.40. The molecular weight excluding hydrogens is 231 g/mol. The van der Waals surface area contributed by atoms with Gasteiger partial charge in [-0.1, -0.05) is 11.6 Å². The van der Waals surface area contributed by atoms with E-state index < -0.39 is 11.6 Å². The summed E-state index contributed by atoms with van der Waals surface area (Å²) in [5.41, 5.74) is 0.810. The lowest BCUT2D eigenvalue weighted by molar-refractivity contribution is 0.101. The van der Waals surface area contributed by atoms with Gasteiger partial charge in [-0.25, -0.2) is 4.39 Å². The standard InChI is InChI=1S/C12H8ClFO2/c1-7-4-5-16-12(7)11(15)9-6-8(14)2-3-10(9)13/h2-6H,1H3. The number of aryl methyl sites for hydroxylation is 1. The predicted molar refractivity (Wildman–Crippen MR) is 58.3 cm³/mol. The summed E-state index contributed by atoms with van der Waals surface area (Å²) in [4.78, 5) is 12.0. The van der Waals surface area contributed by atoms with Gasteiger partial charge in [0.15, 0.2) is 5.76 Å². The Balaban J connectivity index is 2.49. The fraction of sp³-hybridized carbons (Fsp3) is 0.0833. The molecule has 0 saturated heterocycles. The molecule has 0 radical (unpaired) electrons. The van der Waals surface area contributed by atoms with Crippen molar-refractivity contribution in [2.75, 3.05) is 0 Å². The highest BCUT2D eigenvalue weighted by molar-refractivity contribution is 6.34. The fourth-order valence-corrected chi connectivity index (χ4v) is 1.60. The van der Waals surface area contributed by atoms with Crippen LogP contribution in [-0.4, -0.2) is 5.78 Å². The second-order valence-electron chi connectivity index (χ2n) is 3.39. The van der Waals surface area contributed by atoms with E-state index in [2.05, 4.69) is 0 Å². The second kappa shape index (κ2) is 4.10. The maximum absolute atomic E-state index is 13.0. The maximum atomic E-state index is 13.0. The zero-order valence-corrected chi connectivity index (χ0v) is 9.22. The monoisotopic (exact) mass is 238 g/mol. The Morgan fingerprint density at radius 3 is 2.75 bits per heavy atom. The molecule has 0 saturated carbocycles. The average Bonchev–Trinajstić information content (AvgIpc) is 2.67. The van der Waals surface area contributed by atoms with E-state index in [0.717, 1.165) is 6.07 Å². The van der Waals surface area contributed by atoms with Gasteiger partial charge in [0.25, 0.3) is 0 Å². The highest BCUT2D eigenvalue weighted by Crippen LogP contribution is 2.22. The van der Waals surface area contributed by atoms with Crippen molar-refractivity contribution < 1.29 is 13.6 Å². The molecule has 0 aliphatic rings. The molecular formula is C12H8ClFO2. The molecule has 0 aliphatic carbocycles. The number of benzene rings is 1. The summed E-state index contributed by atoms with van der Waals surface area (Å²) in [5, 5.41) is 0.210. The summed E-state index contributed by atoms with van der Waals surface area (Å²) in [6, 6.07) is 5.32. The third-order valence-electron chi connectivity index (χ3n) is 2.24. The molecule has 16 heavy (non-hydrogen) atoms. The van der Waals surface area contributed by atoms with Crippen LogP contribution in [-0.2, 0) is 0 Å². The molecule has 1 aromatic carbocycles. The van der Waals surface area contributed by atoms with Crippen LogP contribution in [0.3, 0.4) is 0 Å². The number of ketones is 1. The highest BCUT2D eigenvalue weighted by atomic mass is 35.5. The molecule has 0 bridgehead atoms. The van der Waals surface area contributed by atoms with Crippen molar-refractivity contribution in [3.05, 3.63) is 58.3 Å². The Labute approximate surface area is 96.6 Å². The summed E-state index contributed by atoms with van der Waals surface area (Å²) in [6.07, 6.45) is 1.41. The van der Waals surface area contributed by atoms with E-state index in [1.807, 2.05) is 0 Å². The van der Waals surface area contributed by atoms with Gasteiger partial charge in [0.2, 0.25) is 5.78 Å². The number of rotatable bonds is 2. The van der Waals surface area contributed by atoms with Crippen molar-refractivity contribution in [2.45, 2.75) is 6.92 Å². The summed E-state index contributed by atoms with van der Waals surface area (Å²) >= 11 is 5.83. The minimum atomic E-state index is -0.503. The van der Waals surface area contributed by atoms with Crippen LogP contribution in [0, 0.1) is 12.7 Å². The van der Waals surface area contributed by atoms with Gasteiger partial charge in [-0.15, -0.1) is 0 Å². The van der Waals surface area contributed by atoms with Crippen molar-refractivity contribution in [3.63, 3.8) is 0 Å². The first kappa shape index (κ1) is 10.9. The average molecular weight is 239 g/mol. The normalized spacial score (nSPS) is 10.4. The van der Waals surface area contributed by atoms with Crippen LogP contribution in [0.4, 0.5) is 4.39 Å². The molecule has 0 aliphatic heterocycles. The first-order valence-electron chi connectivity index (χ1n) is 4.63. The SMILES string of the molecule is Cc1ccoc1C(=O)c1cc(F)ccc1Cl. The third kappa shape index (κ3) is 1.86. The van der Waals surface area contributed by atoms with Crippen LogP contribution in [0.5, 0.6) is 0 Å². The van der Waals surface area contributed by atoms with E-state index in [1.165, 1.54) is 18.4 Å². The Kier molecular flexibility index (Phi) is 2.79. The molecule has 0 atom stereocenters. The summed E-state index contributed by atoms with van der Waals surface area (Å²) < 4.78 is 18.1. The van der Waals surface area contributed by atoms with Crippen LogP contribution in [0.2, 0.25) is 5.02 Å². The maximum Gasteiger partial charge on any atom is 0.230 e. The largest absolute Gasteiger partial charge is 0.461 e. The number of hydrogen-bond acceptors (Lipinski definition) is 2. The van der Waals surface area contributed by atoms with Crippen LogP contribution in [0.1, 0.15) is 21.7 Å².